The molecule has 0 radical (unpaired) electrons. The predicted molar refractivity (Wildman–Crippen MR) is 116 cm³/mol. The molecule has 1 heterocycles. The number of benzene rings is 2. The zero-order chi connectivity index (χ0) is 21.7. The molecule has 154 valence electrons. The second-order valence-corrected chi connectivity index (χ2v) is 6.89. The van der Waals surface area contributed by atoms with E-state index in [2.05, 4.69) is 10.6 Å². The van der Waals surface area contributed by atoms with E-state index in [1.54, 1.807) is 30.5 Å². The van der Waals surface area contributed by atoms with Crippen LogP contribution >= 0.6 is 0 Å². The third kappa shape index (κ3) is 4.94. The highest BCUT2D eigenvalue weighted by molar-refractivity contribution is 6.05. The summed E-state index contributed by atoms with van der Waals surface area (Å²) in [6.45, 7) is 3.75. The number of aryl methyl sites for hydroxylation is 1. The number of pyridine rings is 1. The van der Waals surface area contributed by atoms with Gasteiger partial charge < -0.3 is 19.9 Å². The second-order valence-electron chi connectivity index (χ2n) is 6.89. The summed E-state index contributed by atoms with van der Waals surface area (Å²) in [6.07, 6.45) is 1.65. The normalized spacial score (nSPS) is 10.4. The average Bonchev–Trinajstić information content (AvgIpc) is 2.71. The molecular weight excluding hydrogens is 382 g/mol. The molecule has 7 heteroatoms. The molecule has 0 spiro atoms. The Bertz CT molecular complexity index is 1130. The summed E-state index contributed by atoms with van der Waals surface area (Å²) in [5.74, 6) is -0.385. The van der Waals surface area contributed by atoms with Gasteiger partial charge in [-0.15, -0.1) is 0 Å². The highest BCUT2D eigenvalue weighted by Gasteiger charge is 2.15. The van der Waals surface area contributed by atoms with E-state index in [1.165, 1.54) is 24.7 Å². The van der Waals surface area contributed by atoms with Crippen molar-refractivity contribution in [2.45, 2.75) is 20.4 Å². The Labute approximate surface area is 174 Å². The van der Waals surface area contributed by atoms with E-state index in [1.807, 2.05) is 31.2 Å². The average molecular weight is 405 g/mol. The SMILES string of the molecule is COc1ccc(NC(C)=O)cc1NC(=O)c1cccn(Cc2ccc(C)cc2)c1=O. The van der Waals surface area contributed by atoms with Gasteiger partial charge >= 0.3 is 0 Å². The Morgan fingerprint density at radius 1 is 1.03 bits per heavy atom. The number of hydrogen-bond acceptors (Lipinski definition) is 4. The Hall–Kier alpha value is -3.87. The molecule has 0 saturated carbocycles. The van der Waals surface area contributed by atoms with Crippen molar-refractivity contribution in [3.63, 3.8) is 0 Å². The molecule has 0 unspecified atom stereocenters. The van der Waals surface area contributed by atoms with Crippen LogP contribution in [0.2, 0.25) is 0 Å². The lowest BCUT2D eigenvalue weighted by Crippen LogP contribution is -2.29. The minimum absolute atomic E-state index is 0.0107. The van der Waals surface area contributed by atoms with Gasteiger partial charge in [-0.25, -0.2) is 0 Å². The maximum absolute atomic E-state index is 12.9. The van der Waals surface area contributed by atoms with Gasteiger partial charge in [-0.1, -0.05) is 29.8 Å². The van der Waals surface area contributed by atoms with Gasteiger partial charge in [0, 0.05) is 18.8 Å². The number of methoxy groups -OCH3 is 1. The molecule has 3 rings (SSSR count). The smallest absolute Gasteiger partial charge is 0.263 e. The fraction of sp³-hybridized carbons (Fsp3) is 0.174. The summed E-state index contributed by atoms with van der Waals surface area (Å²) in [5.41, 5.74) is 2.56. The van der Waals surface area contributed by atoms with E-state index in [0.717, 1.165) is 11.1 Å². The van der Waals surface area contributed by atoms with Crippen molar-refractivity contribution < 1.29 is 14.3 Å². The Kier molecular flexibility index (Phi) is 6.32. The molecule has 0 bridgehead atoms. The maximum Gasteiger partial charge on any atom is 0.263 e. The number of ether oxygens (including phenoxy) is 1. The first-order valence-electron chi connectivity index (χ1n) is 9.39. The van der Waals surface area contributed by atoms with Crippen molar-refractivity contribution in [2.75, 3.05) is 17.7 Å². The molecule has 2 N–H and O–H groups in total. The van der Waals surface area contributed by atoms with Crippen molar-refractivity contribution in [3.8, 4) is 5.75 Å². The quantitative estimate of drug-likeness (QED) is 0.658. The van der Waals surface area contributed by atoms with Gasteiger partial charge in [0.2, 0.25) is 5.91 Å². The number of carbonyl (C=O) groups excluding carboxylic acids is 2. The van der Waals surface area contributed by atoms with Gasteiger partial charge in [0.05, 0.1) is 19.3 Å². The largest absolute Gasteiger partial charge is 0.495 e. The lowest BCUT2D eigenvalue weighted by molar-refractivity contribution is -0.114. The minimum Gasteiger partial charge on any atom is -0.495 e. The molecule has 0 fully saturated rings. The summed E-state index contributed by atoms with van der Waals surface area (Å²) in [6, 6.07) is 15.9. The molecule has 1 aromatic heterocycles. The standard InChI is InChI=1S/C23H23N3O4/c1-15-6-8-17(9-7-15)14-26-12-4-5-19(23(26)29)22(28)25-20-13-18(24-16(2)27)10-11-21(20)30-3/h4-13H,14H2,1-3H3,(H,24,27)(H,25,28). The van der Waals surface area contributed by atoms with Crippen LogP contribution in [-0.4, -0.2) is 23.5 Å². The third-order valence-corrected chi connectivity index (χ3v) is 4.51. The van der Waals surface area contributed by atoms with Crippen LogP contribution in [0.1, 0.15) is 28.4 Å². The van der Waals surface area contributed by atoms with Crippen molar-refractivity contribution in [2.24, 2.45) is 0 Å². The van der Waals surface area contributed by atoms with Crippen LogP contribution in [0.25, 0.3) is 0 Å². The first-order chi connectivity index (χ1) is 14.4. The number of rotatable bonds is 6. The van der Waals surface area contributed by atoms with Crippen LogP contribution in [0, 0.1) is 6.92 Å². The van der Waals surface area contributed by atoms with Crippen molar-refractivity contribution in [1.29, 1.82) is 0 Å². The Morgan fingerprint density at radius 3 is 2.43 bits per heavy atom. The molecule has 0 aliphatic rings. The van der Waals surface area contributed by atoms with Crippen LogP contribution in [0.3, 0.4) is 0 Å². The summed E-state index contributed by atoms with van der Waals surface area (Å²) in [7, 11) is 1.47. The molecular formula is C23H23N3O4. The summed E-state index contributed by atoms with van der Waals surface area (Å²) in [5, 5.41) is 5.35. The number of anilines is 2. The maximum atomic E-state index is 12.9. The zero-order valence-electron chi connectivity index (χ0n) is 17.1. The first-order valence-corrected chi connectivity index (χ1v) is 9.39. The third-order valence-electron chi connectivity index (χ3n) is 4.51. The molecule has 3 aromatic rings. The highest BCUT2D eigenvalue weighted by atomic mass is 16.5. The zero-order valence-corrected chi connectivity index (χ0v) is 17.1. The van der Waals surface area contributed by atoms with Gasteiger partial charge in [0.15, 0.2) is 0 Å². The van der Waals surface area contributed by atoms with E-state index >= 15 is 0 Å². The van der Waals surface area contributed by atoms with E-state index in [4.69, 9.17) is 4.74 Å². The van der Waals surface area contributed by atoms with Crippen LogP contribution in [0.5, 0.6) is 5.75 Å². The summed E-state index contributed by atoms with van der Waals surface area (Å²) < 4.78 is 6.76. The lowest BCUT2D eigenvalue weighted by Gasteiger charge is -2.13. The second kappa shape index (κ2) is 9.09. The Balaban J connectivity index is 1.86. The number of nitrogens with zero attached hydrogens (tertiary/aromatic N) is 1. The molecule has 2 amide bonds. The topological polar surface area (TPSA) is 89.4 Å². The number of amides is 2. The summed E-state index contributed by atoms with van der Waals surface area (Å²) >= 11 is 0. The molecule has 0 aliphatic carbocycles. The molecule has 2 aromatic carbocycles. The van der Waals surface area contributed by atoms with Crippen LogP contribution < -0.4 is 20.9 Å². The van der Waals surface area contributed by atoms with Gasteiger partial charge in [-0.2, -0.15) is 0 Å². The van der Waals surface area contributed by atoms with Crippen LogP contribution in [0.4, 0.5) is 11.4 Å². The minimum atomic E-state index is -0.559. The van der Waals surface area contributed by atoms with Gasteiger partial charge in [-0.05, 0) is 42.8 Å². The van der Waals surface area contributed by atoms with Gasteiger partial charge in [0.25, 0.3) is 11.5 Å². The highest BCUT2D eigenvalue weighted by Crippen LogP contribution is 2.28. The number of aromatic nitrogens is 1. The number of hydrogen-bond donors (Lipinski definition) is 2. The van der Waals surface area contributed by atoms with Gasteiger partial charge in [-0.3, -0.25) is 14.4 Å². The van der Waals surface area contributed by atoms with Gasteiger partial charge in [0.1, 0.15) is 11.3 Å². The van der Waals surface area contributed by atoms with Crippen LogP contribution in [0.15, 0.2) is 65.6 Å². The monoisotopic (exact) mass is 405 g/mol. The van der Waals surface area contributed by atoms with Crippen molar-refractivity contribution >= 4 is 23.2 Å². The molecule has 0 atom stereocenters. The first kappa shape index (κ1) is 20.9. The van der Waals surface area contributed by atoms with Crippen molar-refractivity contribution in [1.82, 2.24) is 4.57 Å². The van der Waals surface area contributed by atoms with Crippen LogP contribution in [-0.2, 0) is 11.3 Å². The fourth-order valence-corrected chi connectivity index (χ4v) is 3.00. The van der Waals surface area contributed by atoms with Crippen molar-refractivity contribution in [3.05, 3.63) is 87.8 Å². The van der Waals surface area contributed by atoms with E-state index < -0.39 is 11.5 Å². The fourth-order valence-electron chi connectivity index (χ4n) is 3.00. The predicted octanol–water partition coefficient (Wildman–Crippen LogP) is 3.42. The number of nitrogens with one attached hydrogen (secondary N) is 2. The summed E-state index contributed by atoms with van der Waals surface area (Å²) in [4.78, 5) is 37.0. The molecule has 30 heavy (non-hydrogen) atoms. The van der Waals surface area contributed by atoms with E-state index in [-0.39, 0.29) is 11.5 Å². The van der Waals surface area contributed by atoms with E-state index in [0.29, 0.717) is 23.7 Å². The lowest BCUT2D eigenvalue weighted by atomic mass is 10.1. The Morgan fingerprint density at radius 2 is 1.77 bits per heavy atom. The molecule has 7 nitrogen and oxygen atoms in total. The number of carbonyl (C=O) groups is 2. The molecule has 0 aliphatic heterocycles. The van der Waals surface area contributed by atoms with E-state index in [9.17, 15) is 14.4 Å². The molecule has 0 saturated heterocycles.